The van der Waals surface area contributed by atoms with Crippen molar-refractivity contribution in [3.63, 3.8) is 0 Å². The number of fused-ring (bicyclic) bond motifs is 1. The van der Waals surface area contributed by atoms with Crippen molar-refractivity contribution in [2.75, 3.05) is 18.9 Å². The van der Waals surface area contributed by atoms with E-state index in [1.165, 1.54) is 11.8 Å². The van der Waals surface area contributed by atoms with Crippen LogP contribution in [0.2, 0.25) is 0 Å². The second-order valence-electron chi connectivity index (χ2n) is 7.13. The molecule has 0 aromatic carbocycles. The quantitative estimate of drug-likeness (QED) is 0.516. The van der Waals surface area contributed by atoms with Gasteiger partial charge in [-0.25, -0.2) is 4.98 Å². The minimum absolute atomic E-state index is 0.0712. The van der Waals surface area contributed by atoms with E-state index in [9.17, 15) is 9.59 Å². The van der Waals surface area contributed by atoms with Crippen molar-refractivity contribution in [2.45, 2.75) is 57.7 Å². The van der Waals surface area contributed by atoms with Crippen LogP contribution in [0.4, 0.5) is 0 Å². The first-order chi connectivity index (χ1) is 13.0. The molecule has 6 nitrogen and oxygen atoms in total. The molecule has 1 aliphatic rings. The van der Waals surface area contributed by atoms with Crippen LogP contribution >= 0.6 is 23.1 Å². The van der Waals surface area contributed by atoms with E-state index in [1.807, 2.05) is 0 Å². The number of rotatable bonds is 8. The maximum atomic E-state index is 12.6. The van der Waals surface area contributed by atoms with E-state index in [-0.39, 0.29) is 23.3 Å². The number of thiophene rings is 1. The van der Waals surface area contributed by atoms with Gasteiger partial charge in [-0.05, 0) is 37.7 Å². The second-order valence-corrected chi connectivity index (χ2v) is 9.30. The molecule has 148 valence electrons. The number of hydrogen-bond acceptors (Lipinski definition) is 6. The lowest BCUT2D eigenvalue weighted by Crippen LogP contribution is -2.33. The summed E-state index contributed by atoms with van der Waals surface area (Å²) < 4.78 is 5.50. The lowest BCUT2D eigenvalue weighted by molar-refractivity contribution is -0.119. The Labute approximate surface area is 167 Å². The smallest absolute Gasteiger partial charge is 0.260 e. The Bertz CT molecular complexity index is 856. The van der Waals surface area contributed by atoms with Crippen LogP contribution in [-0.4, -0.2) is 40.9 Å². The minimum Gasteiger partial charge on any atom is -0.376 e. The largest absolute Gasteiger partial charge is 0.376 e. The van der Waals surface area contributed by atoms with Gasteiger partial charge in [-0.15, -0.1) is 11.3 Å². The minimum atomic E-state index is -0.107. The zero-order chi connectivity index (χ0) is 19.4. The molecule has 0 saturated carbocycles. The summed E-state index contributed by atoms with van der Waals surface area (Å²) in [5, 5.41) is 4.10. The molecule has 1 fully saturated rings. The molecular formula is C19H27N3O3S2. The summed E-state index contributed by atoms with van der Waals surface area (Å²) in [6.45, 7) is 7.74. The number of aryl methyl sites for hydroxylation is 1. The number of H-pyrrole nitrogens is 1. The number of hydrogen-bond donors (Lipinski definition) is 2. The van der Waals surface area contributed by atoms with Gasteiger partial charge in [-0.3, -0.25) is 9.59 Å². The maximum absolute atomic E-state index is 12.6. The van der Waals surface area contributed by atoms with Gasteiger partial charge >= 0.3 is 0 Å². The molecule has 2 aromatic rings. The molecule has 2 atom stereocenters. The van der Waals surface area contributed by atoms with E-state index in [4.69, 9.17) is 4.74 Å². The number of ether oxygens (including phenoxy) is 1. The zero-order valence-corrected chi connectivity index (χ0v) is 17.7. The number of thioether (sulfide) groups is 1. The fraction of sp³-hybridized carbons (Fsp3) is 0.632. The molecule has 0 unspecified atom stereocenters. The molecule has 0 spiro atoms. The van der Waals surface area contributed by atoms with Gasteiger partial charge in [-0.1, -0.05) is 32.0 Å². The van der Waals surface area contributed by atoms with E-state index < -0.39 is 0 Å². The molecule has 1 aliphatic heterocycles. The van der Waals surface area contributed by atoms with Gasteiger partial charge in [0.05, 0.1) is 17.2 Å². The predicted octanol–water partition coefficient (Wildman–Crippen LogP) is 3.27. The number of aromatic nitrogens is 2. The first-order valence-corrected chi connectivity index (χ1v) is 11.3. The van der Waals surface area contributed by atoms with Crippen LogP contribution in [0.5, 0.6) is 0 Å². The van der Waals surface area contributed by atoms with Crippen molar-refractivity contribution in [3.8, 4) is 0 Å². The molecule has 3 rings (SSSR count). The summed E-state index contributed by atoms with van der Waals surface area (Å²) in [6.07, 6.45) is 4.16. The summed E-state index contributed by atoms with van der Waals surface area (Å²) in [5.41, 5.74) is 1.01. The van der Waals surface area contributed by atoms with Crippen LogP contribution in [0, 0.1) is 12.8 Å². The zero-order valence-electron chi connectivity index (χ0n) is 16.1. The van der Waals surface area contributed by atoms with Crippen LogP contribution in [0.1, 0.15) is 43.6 Å². The SMILES string of the molecule is CC[C@@H](C)Cc1c(C)sc2nc(SCC(=O)NC[C@@H]3CCCO3)[nH]c(=O)c12. The topological polar surface area (TPSA) is 84.1 Å². The highest BCUT2D eigenvalue weighted by atomic mass is 32.2. The van der Waals surface area contributed by atoms with Crippen LogP contribution in [0.15, 0.2) is 9.95 Å². The molecule has 3 heterocycles. The van der Waals surface area contributed by atoms with Gasteiger partial charge in [0.2, 0.25) is 5.91 Å². The monoisotopic (exact) mass is 409 g/mol. The van der Waals surface area contributed by atoms with Crippen LogP contribution in [0.3, 0.4) is 0 Å². The van der Waals surface area contributed by atoms with Crippen molar-refractivity contribution < 1.29 is 9.53 Å². The molecule has 0 bridgehead atoms. The van der Waals surface area contributed by atoms with Crippen molar-refractivity contribution in [1.29, 1.82) is 0 Å². The fourth-order valence-corrected chi connectivity index (χ4v) is 4.98. The lowest BCUT2D eigenvalue weighted by Gasteiger charge is -2.10. The summed E-state index contributed by atoms with van der Waals surface area (Å²) in [5.74, 6) is 0.686. The van der Waals surface area contributed by atoms with Gasteiger partial charge in [0.25, 0.3) is 5.56 Å². The van der Waals surface area contributed by atoms with Crippen LogP contribution < -0.4 is 10.9 Å². The number of nitrogens with one attached hydrogen (secondary N) is 2. The average molecular weight is 410 g/mol. The summed E-state index contributed by atoms with van der Waals surface area (Å²) in [7, 11) is 0. The Balaban J connectivity index is 1.65. The highest BCUT2D eigenvalue weighted by Gasteiger charge is 2.18. The summed E-state index contributed by atoms with van der Waals surface area (Å²) >= 11 is 2.82. The predicted molar refractivity (Wildman–Crippen MR) is 111 cm³/mol. The molecule has 0 aliphatic carbocycles. The van der Waals surface area contributed by atoms with Gasteiger partial charge in [0.15, 0.2) is 5.16 Å². The standard InChI is InChI=1S/C19H27N3O3S2/c1-4-11(2)8-14-12(3)27-18-16(14)17(24)21-19(22-18)26-10-15(23)20-9-13-6-5-7-25-13/h11,13H,4-10H2,1-3H3,(H,20,23)(H,21,22,24)/t11-,13+/m1/s1. The first kappa shape index (κ1) is 20.4. The Morgan fingerprint density at radius 1 is 1.52 bits per heavy atom. The van der Waals surface area contributed by atoms with E-state index in [0.717, 1.165) is 47.6 Å². The van der Waals surface area contributed by atoms with Crippen molar-refractivity contribution in [3.05, 3.63) is 20.8 Å². The Kier molecular flexibility index (Phi) is 6.94. The van der Waals surface area contributed by atoms with Gasteiger partial charge in [0.1, 0.15) is 4.83 Å². The highest BCUT2D eigenvalue weighted by molar-refractivity contribution is 7.99. The van der Waals surface area contributed by atoms with E-state index in [1.54, 1.807) is 11.3 Å². The van der Waals surface area contributed by atoms with Gasteiger partial charge in [-0.2, -0.15) is 0 Å². The molecule has 0 radical (unpaired) electrons. The third-order valence-electron chi connectivity index (χ3n) is 4.98. The fourth-order valence-electron chi connectivity index (χ4n) is 3.18. The Hall–Kier alpha value is -1.38. The number of amides is 1. The first-order valence-electron chi connectivity index (χ1n) is 9.51. The average Bonchev–Trinajstić information content (AvgIpc) is 3.26. The van der Waals surface area contributed by atoms with Crippen molar-refractivity contribution in [2.24, 2.45) is 5.92 Å². The van der Waals surface area contributed by atoms with E-state index in [2.05, 4.69) is 36.1 Å². The Morgan fingerprint density at radius 3 is 3.04 bits per heavy atom. The Morgan fingerprint density at radius 2 is 2.33 bits per heavy atom. The highest BCUT2D eigenvalue weighted by Crippen LogP contribution is 2.30. The van der Waals surface area contributed by atoms with Crippen LogP contribution in [0.25, 0.3) is 10.2 Å². The van der Waals surface area contributed by atoms with E-state index >= 15 is 0 Å². The summed E-state index contributed by atoms with van der Waals surface area (Å²) in [6, 6.07) is 0. The third-order valence-corrected chi connectivity index (χ3v) is 6.90. The van der Waals surface area contributed by atoms with Gasteiger partial charge < -0.3 is 15.0 Å². The van der Waals surface area contributed by atoms with E-state index in [0.29, 0.717) is 23.0 Å². The lowest BCUT2D eigenvalue weighted by atomic mass is 9.98. The maximum Gasteiger partial charge on any atom is 0.260 e. The number of aromatic amines is 1. The normalized spacial score (nSPS) is 18.1. The second kappa shape index (κ2) is 9.21. The number of nitrogens with zero attached hydrogens (tertiary/aromatic N) is 1. The molecular weight excluding hydrogens is 382 g/mol. The van der Waals surface area contributed by atoms with Crippen LogP contribution in [-0.2, 0) is 16.0 Å². The van der Waals surface area contributed by atoms with Crippen molar-refractivity contribution >= 4 is 39.2 Å². The number of carbonyl (C=O) groups excluding carboxylic acids is 1. The molecule has 27 heavy (non-hydrogen) atoms. The molecule has 1 saturated heterocycles. The van der Waals surface area contributed by atoms with Gasteiger partial charge in [0, 0.05) is 18.0 Å². The molecule has 8 heteroatoms. The third kappa shape index (κ3) is 5.12. The summed E-state index contributed by atoms with van der Waals surface area (Å²) in [4.78, 5) is 34.0. The molecule has 2 aromatic heterocycles. The number of carbonyl (C=O) groups is 1. The molecule has 1 amide bonds. The van der Waals surface area contributed by atoms with Crippen molar-refractivity contribution in [1.82, 2.24) is 15.3 Å². The molecule has 2 N–H and O–H groups in total.